The molecule has 1 aromatic carbocycles. The first-order valence-corrected chi connectivity index (χ1v) is 4.88. The maximum atomic E-state index is 11.4. The molecule has 1 rings (SSSR count). The SMILES string of the molecule is CNC(=O)c1cc(C)cc(C(C)C)c1. The molecule has 2 nitrogen and oxygen atoms in total. The van der Waals surface area contributed by atoms with E-state index in [9.17, 15) is 4.79 Å². The quantitative estimate of drug-likeness (QED) is 0.764. The van der Waals surface area contributed by atoms with Gasteiger partial charge in [-0.15, -0.1) is 0 Å². The summed E-state index contributed by atoms with van der Waals surface area (Å²) in [5.74, 6) is 0.439. The summed E-state index contributed by atoms with van der Waals surface area (Å²) >= 11 is 0. The van der Waals surface area contributed by atoms with E-state index in [-0.39, 0.29) is 5.91 Å². The van der Waals surface area contributed by atoms with Crippen molar-refractivity contribution in [2.45, 2.75) is 26.7 Å². The van der Waals surface area contributed by atoms with Crippen LogP contribution in [0, 0.1) is 6.92 Å². The standard InChI is InChI=1S/C12H17NO/c1-8(2)10-5-9(3)6-11(7-10)12(14)13-4/h5-8H,1-4H3,(H,13,14). The topological polar surface area (TPSA) is 29.1 Å². The van der Waals surface area contributed by atoms with E-state index in [2.05, 4.69) is 25.2 Å². The number of nitrogens with one attached hydrogen (secondary N) is 1. The van der Waals surface area contributed by atoms with Crippen LogP contribution in [0.4, 0.5) is 0 Å². The highest BCUT2D eigenvalue weighted by atomic mass is 16.1. The molecule has 1 N–H and O–H groups in total. The van der Waals surface area contributed by atoms with Crippen LogP contribution in [-0.2, 0) is 0 Å². The highest BCUT2D eigenvalue weighted by Gasteiger charge is 2.07. The molecule has 2 heteroatoms. The van der Waals surface area contributed by atoms with Crippen molar-refractivity contribution in [2.75, 3.05) is 7.05 Å². The minimum atomic E-state index is -0.0180. The summed E-state index contributed by atoms with van der Waals surface area (Å²) in [4.78, 5) is 11.4. The number of hydrogen-bond donors (Lipinski definition) is 1. The van der Waals surface area contributed by atoms with Crippen LogP contribution in [0.15, 0.2) is 18.2 Å². The molecule has 76 valence electrons. The number of carbonyl (C=O) groups is 1. The molecule has 1 amide bonds. The molecule has 0 aliphatic rings. The molecule has 0 atom stereocenters. The molecule has 0 radical (unpaired) electrons. The highest BCUT2D eigenvalue weighted by molar-refractivity contribution is 5.94. The van der Waals surface area contributed by atoms with Crippen molar-refractivity contribution in [2.24, 2.45) is 0 Å². The van der Waals surface area contributed by atoms with Gasteiger partial charge in [0.05, 0.1) is 0 Å². The lowest BCUT2D eigenvalue weighted by molar-refractivity contribution is 0.0963. The first kappa shape index (κ1) is 10.8. The van der Waals surface area contributed by atoms with Gasteiger partial charge in [0.15, 0.2) is 0 Å². The molecule has 1 aromatic rings. The van der Waals surface area contributed by atoms with E-state index in [0.29, 0.717) is 5.92 Å². The van der Waals surface area contributed by atoms with Gasteiger partial charge in [-0.2, -0.15) is 0 Å². The Balaban J connectivity index is 3.13. The number of amides is 1. The fourth-order valence-electron chi connectivity index (χ4n) is 1.42. The van der Waals surface area contributed by atoms with Crippen molar-refractivity contribution < 1.29 is 4.79 Å². The lowest BCUT2D eigenvalue weighted by atomic mass is 9.98. The zero-order valence-electron chi connectivity index (χ0n) is 9.22. The molecule has 0 saturated carbocycles. The second-order valence-electron chi connectivity index (χ2n) is 3.87. The average Bonchev–Trinajstić information content (AvgIpc) is 2.15. The Morgan fingerprint density at radius 3 is 2.43 bits per heavy atom. The molecule has 14 heavy (non-hydrogen) atoms. The minimum absolute atomic E-state index is 0.0180. The average molecular weight is 191 g/mol. The van der Waals surface area contributed by atoms with Crippen LogP contribution in [0.3, 0.4) is 0 Å². The number of aryl methyl sites for hydroxylation is 1. The maximum absolute atomic E-state index is 11.4. The zero-order chi connectivity index (χ0) is 10.7. The van der Waals surface area contributed by atoms with E-state index in [1.807, 2.05) is 19.1 Å². The fourth-order valence-corrected chi connectivity index (χ4v) is 1.42. The Bertz CT molecular complexity index is 342. The molecule has 0 aliphatic heterocycles. The number of hydrogen-bond acceptors (Lipinski definition) is 1. The van der Waals surface area contributed by atoms with E-state index in [0.717, 1.165) is 11.1 Å². The van der Waals surface area contributed by atoms with Crippen molar-refractivity contribution in [3.63, 3.8) is 0 Å². The molecule has 0 bridgehead atoms. The van der Waals surface area contributed by atoms with Crippen LogP contribution in [0.2, 0.25) is 0 Å². The third-order valence-electron chi connectivity index (χ3n) is 2.26. The first-order valence-electron chi connectivity index (χ1n) is 4.88. The van der Waals surface area contributed by atoms with Gasteiger partial charge in [0, 0.05) is 12.6 Å². The predicted octanol–water partition coefficient (Wildman–Crippen LogP) is 2.48. The molecule has 0 heterocycles. The van der Waals surface area contributed by atoms with Crippen molar-refractivity contribution in [1.82, 2.24) is 5.32 Å². The molecule has 0 saturated heterocycles. The van der Waals surface area contributed by atoms with Crippen LogP contribution in [0.1, 0.15) is 41.3 Å². The van der Waals surface area contributed by atoms with Crippen LogP contribution >= 0.6 is 0 Å². The van der Waals surface area contributed by atoms with Crippen LogP contribution in [0.5, 0.6) is 0 Å². The summed E-state index contributed by atoms with van der Waals surface area (Å²) in [7, 11) is 1.65. The van der Waals surface area contributed by atoms with Gasteiger partial charge in [0.25, 0.3) is 5.91 Å². The van der Waals surface area contributed by atoms with Crippen molar-refractivity contribution in [3.05, 3.63) is 34.9 Å². The Kier molecular flexibility index (Phi) is 3.28. The van der Waals surface area contributed by atoms with E-state index in [4.69, 9.17) is 0 Å². The van der Waals surface area contributed by atoms with Crippen LogP contribution in [-0.4, -0.2) is 13.0 Å². The van der Waals surface area contributed by atoms with E-state index >= 15 is 0 Å². The number of carbonyl (C=O) groups excluding carboxylic acids is 1. The van der Waals surface area contributed by atoms with Gasteiger partial charge in [-0.25, -0.2) is 0 Å². The predicted molar refractivity (Wildman–Crippen MR) is 58.7 cm³/mol. The third-order valence-corrected chi connectivity index (χ3v) is 2.26. The number of benzene rings is 1. The van der Waals surface area contributed by atoms with Crippen LogP contribution in [0.25, 0.3) is 0 Å². The van der Waals surface area contributed by atoms with Crippen molar-refractivity contribution in [1.29, 1.82) is 0 Å². The summed E-state index contributed by atoms with van der Waals surface area (Å²) in [6.07, 6.45) is 0. The first-order chi connectivity index (χ1) is 6.54. The molecular formula is C12H17NO. The van der Waals surface area contributed by atoms with Gasteiger partial charge in [-0.05, 0) is 30.5 Å². The second kappa shape index (κ2) is 4.27. The monoisotopic (exact) mass is 191 g/mol. The Labute approximate surface area is 85.3 Å². The normalized spacial score (nSPS) is 10.4. The van der Waals surface area contributed by atoms with E-state index in [1.54, 1.807) is 7.05 Å². The van der Waals surface area contributed by atoms with Gasteiger partial charge in [0.2, 0.25) is 0 Å². The Morgan fingerprint density at radius 2 is 1.93 bits per heavy atom. The molecule has 0 spiro atoms. The Morgan fingerprint density at radius 1 is 1.29 bits per heavy atom. The number of rotatable bonds is 2. The molecular weight excluding hydrogens is 174 g/mol. The summed E-state index contributed by atoms with van der Waals surface area (Å²) in [6.45, 7) is 6.27. The van der Waals surface area contributed by atoms with Gasteiger partial charge in [-0.1, -0.05) is 25.5 Å². The third kappa shape index (κ3) is 2.34. The van der Waals surface area contributed by atoms with Crippen LogP contribution < -0.4 is 5.32 Å². The molecule has 0 aromatic heterocycles. The summed E-state index contributed by atoms with van der Waals surface area (Å²) in [5.41, 5.74) is 3.09. The van der Waals surface area contributed by atoms with Crippen molar-refractivity contribution in [3.8, 4) is 0 Å². The minimum Gasteiger partial charge on any atom is -0.355 e. The van der Waals surface area contributed by atoms with Crippen molar-refractivity contribution >= 4 is 5.91 Å². The van der Waals surface area contributed by atoms with Gasteiger partial charge < -0.3 is 5.32 Å². The lowest BCUT2D eigenvalue weighted by Crippen LogP contribution is -2.18. The summed E-state index contributed by atoms with van der Waals surface area (Å²) < 4.78 is 0. The highest BCUT2D eigenvalue weighted by Crippen LogP contribution is 2.18. The zero-order valence-corrected chi connectivity index (χ0v) is 9.22. The summed E-state index contributed by atoms with van der Waals surface area (Å²) in [5, 5.41) is 2.64. The lowest BCUT2D eigenvalue weighted by Gasteiger charge is -2.09. The largest absolute Gasteiger partial charge is 0.355 e. The summed E-state index contributed by atoms with van der Waals surface area (Å²) in [6, 6.07) is 5.98. The fraction of sp³-hybridized carbons (Fsp3) is 0.417. The van der Waals surface area contributed by atoms with Gasteiger partial charge >= 0.3 is 0 Å². The smallest absolute Gasteiger partial charge is 0.251 e. The molecule has 0 aliphatic carbocycles. The maximum Gasteiger partial charge on any atom is 0.251 e. The van der Waals surface area contributed by atoms with E-state index < -0.39 is 0 Å². The van der Waals surface area contributed by atoms with E-state index in [1.165, 1.54) is 5.56 Å². The molecule has 0 unspecified atom stereocenters. The second-order valence-corrected chi connectivity index (χ2v) is 3.87. The van der Waals surface area contributed by atoms with Gasteiger partial charge in [-0.3, -0.25) is 4.79 Å². The Hall–Kier alpha value is -1.31. The molecule has 0 fully saturated rings. The van der Waals surface area contributed by atoms with Gasteiger partial charge in [0.1, 0.15) is 0 Å².